The van der Waals surface area contributed by atoms with Crippen LogP contribution in [0.4, 0.5) is 0 Å². The van der Waals surface area contributed by atoms with E-state index in [1.807, 2.05) is 6.92 Å². The van der Waals surface area contributed by atoms with Crippen molar-refractivity contribution in [1.82, 2.24) is 15.3 Å². The number of carbonyl (C=O) groups is 1. The molecule has 104 valence electrons. The summed E-state index contributed by atoms with van der Waals surface area (Å²) in [5.74, 6) is 0.507. The van der Waals surface area contributed by atoms with Crippen molar-refractivity contribution in [3.8, 4) is 0 Å². The van der Waals surface area contributed by atoms with Crippen LogP contribution >= 0.6 is 0 Å². The summed E-state index contributed by atoms with van der Waals surface area (Å²) in [6.45, 7) is 2.94. The van der Waals surface area contributed by atoms with Crippen LogP contribution in [0.15, 0.2) is 12.4 Å². The number of hydrogen-bond acceptors (Lipinski definition) is 4. The number of nitrogens with two attached hydrogens (primary N) is 1. The maximum Gasteiger partial charge on any atom is 0.223 e. The maximum absolute atomic E-state index is 12.2. The molecule has 0 spiro atoms. The molecule has 0 bridgehead atoms. The molecule has 19 heavy (non-hydrogen) atoms. The van der Waals surface area contributed by atoms with Crippen LogP contribution in [-0.2, 0) is 11.3 Å². The molecule has 2 unspecified atom stereocenters. The molecule has 1 saturated carbocycles. The number of hydrogen-bond donors (Lipinski definition) is 2. The van der Waals surface area contributed by atoms with Gasteiger partial charge in [0.25, 0.3) is 0 Å². The quantitative estimate of drug-likeness (QED) is 0.853. The van der Waals surface area contributed by atoms with E-state index in [2.05, 4.69) is 15.3 Å². The summed E-state index contributed by atoms with van der Waals surface area (Å²) in [6, 6.07) is 0. The first-order valence-electron chi connectivity index (χ1n) is 6.96. The molecule has 1 aromatic rings. The molecule has 2 atom stereocenters. The summed E-state index contributed by atoms with van der Waals surface area (Å²) in [4.78, 5) is 20.6. The Bertz CT molecular complexity index is 418. The van der Waals surface area contributed by atoms with Gasteiger partial charge in [-0.3, -0.25) is 14.8 Å². The van der Waals surface area contributed by atoms with Gasteiger partial charge < -0.3 is 11.1 Å². The smallest absolute Gasteiger partial charge is 0.223 e. The van der Waals surface area contributed by atoms with Crippen LogP contribution in [0.2, 0.25) is 0 Å². The van der Waals surface area contributed by atoms with Gasteiger partial charge in [0.1, 0.15) is 0 Å². The molecule has 1 aliphatic carbocycles. The van der Waals surface area contributed by atoms with Gasteiger partial charge in [-0.15, -0.1) is 0 Å². The van der Waals surface area contributed by atoms with E-state index in [-0.39, 0.29) is 11.8 Å². The van der Waals surface area contributed by atoms with Crippen LogP contribution < -0.4 is 11.1 Å². The van der Waals surface area contributed by atoms with Gasteiger partial charge in [0.05, 0.1) is 24.1 Å². The van der Waals surface area contributed by atoms with Gasteiger partial charge in [0, 0.05) is 12.1 Å². The van der Waals surface area contributed by atoms with E-state index >= 15 is 0 Å². The minimum atomic E-state index is 0.0668. The number of carbonyl (C=O) groups excluding carboxylic acids is 1. The first-order valence-corrected chi connectivity index (χ1v) is 6.96. The number of nitrogens with one attached hydrogen (secondary N) is 1. The first kappa shape index (κ1) is 13.9. The highest BCUT2D eigenvalue weighted by Crippen LogP contribution is 2.29. The Balaban J connectivity index is 1.87. The Morgan fingerprint density at radius 3 is 2.84 bits per heavy atom. The Morgan fingerprint density at radius 1 is 1.37 bits per heavy atom. The zero-order valence-electron chi connectivity index (χ0n) is 11.4. The molecule has 0 radical (unpaired) electrons. The monoisotopic (exact) mass is 262 g/mol. The second-order valence-electron chi connectivity index (χ2n) is 5.25. The van der Waals surface area contributed by atoms with Crippen molar-refractivity contribution in [1.29, 1.82) is 0 Å². The highest BCUT2D eigenvalue weighted by Gasteiger charge is 2.29. The summed E-state index contributed by atoms with van der Waals surface area (Å²) in [5, 5.41) is 2.96. The molecule has 0 aromatic carbocycles. The molecule has 1 fully saturated rings. The zero-order chi connectivity index (χ0) is 13.7. The van der Waals surface area contributed by atoms with Crippen molar-refractivity contribution in [2.45, 2.75) is 39.2 Å². The minimum absolute atomic E-state index is 0.0668. The van der Waals surface area contributed by atoms with E-state index in [0.29, 0.717) is 19.0 Å². The fourth-order valence-electron chi connectivity index (χ4n) is 2.65. The fourth-order valence-corrected chi connectivity index (χ4v) is 2.65. The predicted molar refractivity (Wildman–Crippen MR) is 73.1 cm³/mol. The van der Waals surface area contributed by atoms with Crippen LogP contribution in [0.25, 0.3) is 0 Å². The van der Waals surface area contributed by atoms with Gasteiger partial charge in [0.2, 0.25) is 5.91 Å². The van der Waals surface area contributed by atoms with Crippen molar-refractivity contribution >= 4 is 5.91 Å². The number of aryl methyl sites for hydroxylation is 1. The van der Waals surface area contributed by atoms with E-state index in [0.717, 1.165) is 30.7 Å². The molecule has 0 saturated heterocycles. The van der Waals surface area contributed by atoms with Gasteiger partial charge in [0.15, 0.2) is 0 Å². The summed E-state index contributed by atoms with van der Waals surface area (Å²) < 4.78 is 0. The number of rotatable bonds is 4. The maximum atomic E-state index is 12.2. The van der Waals surface area contributed by atoms with Gasteiger partial charge in [-0.05, 0) is 32.2 Å². The Kier molecular flexibility index (Phi) is 4.85. The van der Waals surface area contributed by atoms with Crippen molar-refractivity contribution < 1.29 is 4.79 Å². The molecule has 1 aliphatic rings. The normalized spacial score (nSPS) is 23.1. The molecule has 5 heteroatoms. The molecule has 2 rings (SSSR count). The predicted octanol–water partition coefficient (Wildman–Crippen LogP) is 1.17. The summed E-state index contributed by atoms with van der Waals surface area (Å²) in [5.41, 5.74) is 7.42. The topological polar surface area (TPSA) is 80.9 Å². The fraction of sp³-hybridized carbons (Fsp3) is 0.643. The van der Waals surface area contributed by atoms with Gasteiger partial charge in [-0.25, -0.2) is 0 Å². The zero-order valence-corrected chi connectivity index (χ0v) is 11.4. The van der Waals surface area contributed by atoms with E-state index in [1.54, 1.807) is 12.4 Å². The summed E-state index contributed by atoms with van der Waals surface area (Å²) in [7, 11) is 0. The average Bonchev–Trinajstić information content (AvgIpc) is 2.46. The lowest BCUT2D eigenvalue weighted by molar-refractivity contribution is -0.127. The Labute approximate surface area is 114 Å². The van der Waals surface area contributed by atoms with E-state index in [9.17, 15) is 4.79 Å². The highest BCUT2D eigenvalue weighted by molar-refractivity contribution is 5.79. The summed E-state index contributed by atoms with van der Waals surface area (Å²) in [6.07, 6.45) is 7.75. The van der Waals surface area contributed by atoms with Crippen LogP contribution in [0.1, 0.15) is 37.1 Å². The van der Waals surface area contributed by atoms with E-state index in [4.69, 9.17) is 5.73 Å². The largest absolute Gasteiger partial charge is 0.350 e. The average molecular weight is 262 g/mol. The SMILES string of the molecule is Cc1cnc(CNC(=O)C2CCCCC2CN)cn1. The van der Waals surface area contributed by atoms with Gasteiger partial charge in [-0.2, -0.15) is 0 Å². The second kappa shape index (κ2) is 6.61. The van der Waals surface area contributed by atoms with Crippen molar-refractivity contribution in [3.05, 3.63) is 23.8 Å². The standard InChI is InChI=1S/C14H22N4O/c1-10-7-17-12(8-16-10)9-18-14(19)13-5-3-2-4-11(13)6-15/h7-8,11,13H,2-6,9,15H2,1H3,(H,18,19). The van der Waals surface area contributed by atoms with Crippen molar-refractivity contribution in [3.63, 3.8) is 0 Å². The number of nitrogens with zero attached hydrogens (tertiary/aromatic N) is 2. The van der Waals surface area contributed by atoms with Crippen molar-refractivity contribution in [2.75, 3.05) is 6.54 Å². The minimum Gasteiger partial charge on any atom is -0.350 e. The van der Waals surface area contributed by atoms with Crippen LogP contribution in [0, 0.1) is 18.8 Å². The van der Waals surface area contributed by atoms with Gasteiger partial charge >= 0.3 is 0 Å². The molecular weight excluding hydrogens is 240 g/mol. The molecule has 1 aromatic heterocycles. The summed E-state index contributed by atoms with van der Waals surface area (Å²) >= 11 is 0. The molecule has 3 N–H and O–H groups in total. The number of amides is 1. The van der Waals surface area contributed by atoms with Crippen LogP contribution in [-0.4, -0.2) is 22.4 Å². The molecule has 1 amide bonds. The lowest BCUT2D eigenvalue weighted by atomic mass is 9.79. The van der Waals surface area contributed by atoms with Crippen LogP contribution in [0.5, 0.6) is 0 Å². The second-order valence-corrected chi connectivity index (χ2v) is 5.25. The van der Waals surface area contributed by atoms with E-state index in [1.165, 1.54) is 6.42 Å². The molecule has 5 nitrogen and oxygen atoms in total. The third kappa shape index (κ3) is 3.73. The lowest BCUT2D eigenvalue weighted by Crippen LogP contribution is -2.39. The van der Waals surface area contributed by atoms with Crippen molar-refractivity contribution in [2.24, 2.45) is 17.6 Å². The lowest BCUT2D eigenvalue weighted by Gasteiger charge is -2.29. The molecule has 1 heterocycles. The number of aromatic nitrogens is 2. The van der Waals surface area contributed by atoms with E-state index < -0.39 is 0 Å². The third-order valence-corrected chi connectivity index (χ3v) is 3.83. The molecular formula is C14H22N4O. The third-order valence-electron chi connectivity index (χ3n) is 3.83. The van der Waals surface area contributed by atoms with Gasteiger partial charge in [-0.1, -0.05) is 12.8 Å². The highest BCUT2D eigenvalue weighted by atomic mass is 16.1. The van der Waals surface area contributed by atoms with Crippen LogP contribution in [0.3, 0.4) is 0 Å². The first-order chi connectivity index (χ1) is 9.20. The Hall–Kier alpha value is -1.49. The molecule has 0 aliphatic heterocycles. The Morgan fingerprint density at radius 2 is 2.16 bits per heavy atom.